The van der Waals surface area contributed by atoms with Gasteiger partial charge < -0.3 is 10.2 Å². The van der Waals surface area contributed by atoms with Crippen molar-refractivity contribution in [3.8, 4) is 10.6 Å². The molecule has 1 aliphatic rings. The molecule has 0 amide bonds. The van der Waals surface area contributed by atoms with Gasteiger partial charge in [-0.2, -0.15) is 0 Å². The molecule has 1 saturated heterocycles. The normalized spacial score (nSPS) is 19.0. The third-order valence-corrected chi connectivity index (χ3v) is 5.11. The number of benzene rings is 1. The lowest BCUT2D eigenvalue weighted by Crippen LogP contribution is -2.45. The summed E-state index contributed by atoms with van der Waals surface area (Å²) in [5.41, 5.74) is 2.25. The van der Waals surface area contributed by atoms with E-state index in [4.69, 9.17) is 4.98 Å². The van der Waals surface area contributed by atoms with Gasteiger partial charge in [0, 0.05) is 31.1 Å². The van der Waals surface area contributed by atoms with E-state index in [1.807, 2.05) is 25.2 Å². The van der Waals surface area contributed by atoms with E-state index in [0.717, 1.165) is 42.2 Å². The molecule has 23 heavy (non-hydrogen) atoms. The molecule has 1 fully saturated rings. The van der Waals surface area contributed by atoms with Crippen molar-refractivity contribution in [2.45, 2.75) is 26.3 Å². The van der Waals surface area contributed by atoms with Gasteiger partial charge in [-0.3, -0.25) is 4.99 Å². The summed E-state index contributed by atoms with van der Waals surface area (Å²) in [6, 6.07) is 10.3. The van der Waals surface area contributed by atoms with E-state index in [0.29, 0.717) is 0 Å². The zero-order valence-electron chi connectivity index (χ0n) is 13.8. The molecule has 1 aliphatic heterocycles. The fraction of sp³-hybridized carbons (Fsp3) is 0.444. The van der Waals surface area contributed by atoms with Crippen LogP contribution in [0, 0.1) is 5.92 Å². The standard InChI is InChI=1S/C18H24N4S/c1-14-7-6-10-22(12-14)18(19-2)20-11-16-13-23-17(21-16)15-8-4-3-5-9-15/h3-5,8-9,13-14H,6-7,10-12H2,1-2H3,(H,19,20). The number of thiazole rings is 1. The fourth-order valence-corrected chi connectivity index (χ4v) is 3.81. The number of aromatic nitrogens is 1. The molecule has 1 atom stereocenters. The molecule has 1 aromatic heterocycles. The smallest absolute Gasteiger partial charge is 0.193 e. The Hall–Kier alpha value is -1.88. The van der Waals surface area contributed by atoms with Gasteiger partial charge in [-0.1, -0.05) is 37.3 Å². The highest BCUT2D eigenvalue weighted by molar-refractivity contribution is 7.13. The summed E-state index contributed by atoms with van der Waals surface area (Å²) < 4.78 is 0. The fourth-order valence-electron chi connectivity index (χ4n) is 2.99. The Kier molecular flexibility index (Phi) is 5.28. The lowest BCUT2D eigenvalue weighted by Gasteiger charge is -2.33. The summed E-state index contributed by atoms with van der Waals surface area (Å²) in [6.07, 6.45) is 2.57. The molecule has 1 unspecified atom stereocenters. The Morgan fingerprint density at radius 3 is 2.96 bits per heavy atom. The number of nitrogens with one attached hydrogen (secondary N) is 1. The van der Waals surface area contributed by atoms with Crippen LogP contribution in [0.2, 0.25) is 0 Å². The van der Waals surface area contributed by atoms with Crippen LogP contribution >= 0.6 is 11.3 Å². The molecule has 4 nitrogen and oxygen atoms in total. The SMILES string of the molecule is CN=C(NCc1csc(-c2ccccc2)n1)N1CCCC(C)C1. The lowest BCUT2D eigenvalue weighted by atomic mass is 10.0. The van der Waals surface area contributed by atoms with E-state index < -0.39 is 0 Å². The number of hydrogen-bond donors (Lipinski definition) is 1. The number of piperidine rings is 1. The summed E-state index contributed by atoms with van der Waals surface area (Å²) >= 11 is 1.69. The van der Waals surface area contributed by atoms with Gasteiger partial charge in [0.1, 0.15) is 5.01 Å². The maximum absolute atomic E-state index is 4.73. The second kappa shape index (κ2) is 7.59. The van der Waals surface area contributed by atoms with Gasteiger partial charge in [0.05, 0.1) is 12.2 Å². The first-order chi connectivity index (χ1) is 11.3. The van der Waals surface area contributed by atoms with Crippen molar-refractivity contribution in [1.29, 1.82) is 0 Å². The van der Waals surface area contributed by atoms with E-state index in [1.165, 1.54) is 18.4 Å². The van der Waals surface area contributed by atoms with E-state index in [-0.39, 0.29) is 0 Å². The van der Waals surface area contributed by atoms with E-state index in [9.17, 15) is 0 Å². The predicted octanol–water partition coefficient (Wildman–Crippen LogP) is 3.62. The highest BCUT2D eigenvalue weighted by Crippen LogP contribution is 2.23. The maximum atomic E-state index is 4.73. The van der Waals surface area contributed by atoms with Crippen LogP contribution in [0.3, 0.4) is 0 Å². The van der Waals surface area contributed by atoms with Crippen LogP contribution in [0.4, 0.5) is 0 Å². The highest BCUT2D eigenvalue weighted by atomic mass is 32.1. The van der Waals surface area contributed by atoms with Crippen LogP contribution in [0.5, 0.6) is 0 Å². The number of guanidine groups is 1. The number of likely N-dealkylation sites (tertiary alicyclic amines) is 1. The average Bonchev–Trinajstić information content (AvgIpc) is 3.05. The number of rotatable bonds is 3. The van der Waals surface area contributed by atoms with Crippen molar-refractivity contribution in [2.24, 2.45) is 10.9 Å². The lowest BCUT2D eigenvalue weighted by molar-refractivity contribution is 0.266. The molecular formula is C18H24N4S. The van der Waals surface area contributed by atoms with Gasteiger partial charge in [0.25, 0.3) is 0 Å². The minimum absolute atomic E-state index is 0.723. The first-order valence-corrected chi connectivity index (χ1v) is 9.09. The van der Waals surface area contributed by atoms with Gasteiger partial charge in [0.15, 0.2) is 5.96 Å². The van der Waals surface area contributed by atoms with Crippen molar-refractivity contribution in [2.75, 3.05) is 20.1 Å². The predicted molar refractivity (Wildman–Crippen MR) is 97.7 cm³/mol. The largest absolute Gasteiger partial charge is 0.351 e. The van der Waals surface area contributed by atoms with Crippen LogP contribution in [0.1, 0.15) is 25.5 Å². The van der Waals surface area contributed by atoms with Crippen molar-refractivity contribution in [3.63, 3.8) is 0 Å². The molecule has 122 valence electrons. The Morgan fingerprint density at radius 1 is 1.39 bits per heavy atom. The molecule has 1 aromatic carbocycles. The van der Waals surface area contributed by atoms with Crippen molar-refractivity contribution < 1.29 is 0 Å². The van der Waals surface area contributed by atoms with Gasteiger partial charge >= 0.3 is 0 Å². The number of nitrogens with zero attached hydrogens (tertiary/aromatic N) is 3. The van der Waals surface area contributed by atoms with E-state index in [1.54, 1.807) is 11.3 Å². The molecule has 0 aliphatic carbocycles. The minimum atomic E-state index is 0.723. The molecular weight excluding hydrogens is 304 g/mol. The molecule has 0 radical (unpaired) electrons. The Morgan fingerprint density at radius 2 is 2.22 bits per heavy atom. The summed E-state index contributed by atoms with van der Waals surface area (Å²) in [5, 5.41) is 6.66. The van der Waals surface area contributed by atoms with Gasteiger partial charge in [-0.05, 0) is 18.8 Å². The third kappa shape index (κ3) is 4.10. The molecule has 2 heterocycles. The van der Waals surface area contributed by atoms with Crippen molar-refractivity contribution >= 4 is 17.3 Å². The zero-order valence-corrected chi connectivity index (χ0v) is 14.6. The maximum Gasteiger partial charge on any atom is 0.193 e. The van der Waals surface area contributed by atoms with E-state index in [2.05, 4.69) is 39.6 Å². The van der Waals surface area contributed by atoms with Crippen molar-refractivity contribution in [3.05, 3.63) is 41.4 Å². The Bertz CT molecular complexity index is 650. The zero-order chi connectivity index (χ0) is 16.1. The second-order valence-corrected chi connectivity index (χ2v) is 6.96. The second-order valence-electron chi connectivity index (χ2n) is 6.10. The Balaban J connectivity index is 1.60. The van der Waals surface area contributed by atoms with Crippen LogP contribution in [0.25, 0.3) is 10.6 Å². The molecule has 3 rings (SSSR count). The van der Waals surface area contributed by atoms with Crippen LogP contribution in [-0.2, 0) is 6.54 Å². The third-order valence-electron chi connectivity index (χ3n) is 4.17. The summed E-state index contributed by atoms with van der Waals surface area (Å²) in [7, 11) is 1.86. The molecule has 0 bridgehead atoms. The molecule has 1 N–H and O–H groups in total. The van der Waals surface area contributed by atoms with Crippen molar-refractivity contribution in [1.82, 2.24) is 15.2 Å². The molecule has 0 saturated carbocycles. The molecule has 5 heteroatoms. The van der Waals surface area contributed by atoms with Gasteiger partial charge in [-0.15, -0.1) is 11.3 Å². The van der Waals surface area contributed by atoms with E-state index >= 15 is 0 Å². The minimum Gasteiger partial charge on any atom is -0.351 e. The number of aliphatic imine (C=N–C) groups is 1. The monoisotopic (exact) mass is 328 g/mol. The summed E-state index contributed by atoms with van der Waals surface area (Å²) in [6.45, 7) is 5.22. The van der Waals surface area contributed by atoms with Crippen LogP contribution in [0.15, 0.2) is 40.7 Å². The Labute approximate surface area is 142 Å². The highest BCUT2D eigenvalue weighted by Gasteiger charge is 2.19. The van der Waals surface area contributed by atoms with Crippen LogP contribution < -0.4 is 5.32 Å². The molecule has 2 aromatic rings. The summed E-state index contributed by atoms with van der Waals surface area (Å²) in [5.74, 6) is 1.73. The quantitative estimate of drug-likeness (QED) is 0.691. The first-order valence-electron chi connectivity index (χ1n) is 8.21. The van der Waals surface area contributed by atoms with Gasteiger partial charge in [0.2, 0.25) is 0 Å². The van der Waals surface area contributed by atoms with Crippen LogP contribution in [-0.4, -0.2) is 36.0 Å². The topological polar surface area (TPSA) is 40.5 Å². The first kappa shape index (κ1) is 16.0. The van der Waals surface area contributed by atoms with Gasteiger partial charge in [-0.25, -0.2) is 4.98 Å². The molecule has 0 spiro atoms. The number of hydrogen-bond acceptors (Lipinski definition) is 3. The average molecular weight is 328 g/mol. The summed E-state index contributed by atoms with van der Waals surface area (Å²) in [4.78, 5) is 11.5.